The molecule has 2 aromatic carbocycles. The average Bonchev–Trinajstić information content (AvgIpc) is 2.72. The molecule has 0 saturated heterocycles. The number of hydrogen-bond donors (Lipinski definition) is 2. The Balaban J connectivity index is 1.95. The molecule has 0 unspecified atom stereocenters. The van der Waals surface area contributed by atoms with Crippen LogP contribution in [0, 0.1) is 0 Å². The maximum absolute atomic E-state index is 12.2. The molecule has 0 fully saturated rings. The number of aryl methyl sites for hydroxylation is 1. The molecule has 0 saturated carbocycles. The molecule has 29 heavy (non-hydrogen) atoms. The van der Waals surface area contributed by atoms with Crippen LogP contribution in [-0.4, -0.2) is 32.9 Å². The second kappa shape index (κ2) is 10.2. The lowest BCUT2D eigenvalue weighted by molar-refractivity contribution is -0.119. The fourth-order valence-electron chi connectivity index (χ4n) is 2.54. The lowest BCUT2D eigenvalue weighted by atomic mass is 10.1. The van der Waals surface area contributed by atoms with Crippen molar-refractivity contribution in [1.82, 2.24) is 4.72 Å². The lowest BCUT2D eigenvalue weighted by Gasteiger charge is -2.12. The zero-order valence-electron chi connectivity index (χ0n) is 16.8. The molecule has 0 aliphatic carbocycles. The van der Waals surface area contributed by atoms with E-state index in [4.69, 9.17) is 4.74 Å². The molecule has 2 N–H and O–H groups in total. The van der Waals surface area contributed by atoms with E-state index in [1.165, 1.54) is 24.3 Å². The Bertz CT molecular complexity index is 955. The van der Waals surface area contributed by atoms with E-state index in [1.807, 2.05) is 32.0 Å². The number of hydrogen-bond acceptors (Lipinski definition) is 5. The number of nitrogens with one attached hydrogen (secondary N) is 2. The van der Waals surface area contributed by atoms with E-state index in [0.717, 1.165) is 12.0 Å². The first kappa shape index (κ1) is 22.6. The first-order valence-corrected chi connectivity index (χ1v) is 10.9. The largest absolute Gasteiger partial charge is 0.452 e. The summed E-state index contributed by atoms with van der Waals surface area (Å²) >= 11 is 0. The van der Waals surface area contributed by atoms with Crippen LogP contribution >= 0.6 is 0 Å². The summed E-state index contributed by atoms with van der Waals surface area (Å²) in [6.45, 7) is 5.19. The molecule has 8 heteroatoms. The van der Waals surface area contributed by atoms with Gasteiger partial charge in [-0.05, 0) is 55.7 Å². The molecule has 1 amide bonds. The third kappa shape index (κ3) is 6.40. The quantitative estimate of drug-likeness (QED) is 0.609. The highest BCUT2D eigenvalue weighted by Gasteiger charge is 2.18. The Morgan fingerprint density at radius 3 is 2.31 bits per heavy atom. The van der Waals surface area contributed by atoms with E-state index >= 15 is 0 Å². The first-order chi connectivity index (χ1) is 13.8. The highest BCUT2D eigenvalue weighted by molar-refractivity contribution is 7.89. The SMILES string of the molecule is CCc1ccccc1NC(=O)COC(=O)c1ccc(S(=O)(=O)N[C@@H](C)CC)cc1. The fraction of sp³-hybridized carbons (Fsp3) is 0.333. The molecule has 0 bridgehead atoms. The molecule has 2 aromatic rings. The average molecular weight is 419 g/mol. The van der Waals surface area contributed by atoms with Gasteiger partial charge in [0.1, 0.15) is 0 Å². The number of ether oxygens (including phenoxy) is 1. The zero-order chi connectivity index (χ0) is 21.4. The Kier molecular flexibility index (Phi) is 7.92. The molecular weight excluding hydrogens is 392 g/mol. The predicted octanol–water partition coefficient (Wildman–Crippen LogP) is 3.12. The minimum Gasteiger partial charge on any atom is -0.452 e. The fourth-order valence-corrected chi connectivity index (χ4v) is 3.86. The minimum atomic E-state index is -3.65. The summed E-state index contributed by atoms with van der Waals surface area (Å²) in [5, 5.41) is 2.72. The molecule has 0 aromatic heterocycles. The van der Waals surface area contributed by atoms with Gasteiger partial charge in [0.05, 0.1) is 10.5 Å². The number of rotatable bonds is 9. The summed E-state index contributed by atoms with van der Waals surface area (Å²) in [5.74, 6) is -1.15. The van der Waals surface area contributed by atoms with Gasteiger partial charge in [-0.15, -0.1) is 0 Å². The van der Waals surface area contributed by atoms with Crippen LogP contribution in [0.15, 0.2) is 53.4 Å². The van der Waals surface area contributed by atoms with E-state index in [-0.39, 0.29) is 16.5 Å². The molecular formula is C21H26N2O5S. The first-order valence-electron chi connectivity index (χ1n) is 9.44. The van der Waals surface area contributed by atoms with E-state index in [2.05, 4.69) is 10.0 Å². The zero-order valence-corrected chi connectivity index (χ0v) is 17.6. The van der Waals surface area contributed by atoms with Crippen LogP contribution in [0.4, 0.5) is 5.69 Å². The van der Waals surface area contributed by atoms with E-state index < -0.39 is 28.5 Å². The van der Waals surface area contributed by atoms with Crippen molar-refractivity contribution < 1.29 is 22.7 Å². The normalized spacial score (nSPS) is 12.2. The molecule has 0 heterocycles. The van der Waals surface area contributed by atoms with Gasteiger partial charge in [0.25, 0.3) is 5.91 Å². The van der Waals surface area contributed by atoms with Crippen LogP contribution < -0.4 is 10.0 Å². The van der Waals surface area contributed by atoms with Crippen molar-refractivity contribution in [2.45, 2.75) is 44.6 Å². The Morgan fingerprint density at radius 1 is 1.03 bits per heavy atom. The van der Waals surface area contributed by atoms with Crippen LogP contribution in [0.1, 0.15) is 43.1 Å². The van der Waals surface area contributed by atoms with E-state index in [1.54, 1.807) is 13.0 Å². The summed E-state index contributed by atoms with van der Waals surface area (Å²) < 4.78 is 32.1. The third-order valence-corrected chi connectivity index (χ3v) is 5.98. The van der Waals surface area contributed by atoms with Crippen LogP contribution in [0.3, 0.4) is 0 Å². The van der Waals surface area contributed by atoms with Crippen molar-refractivity contribution in [3.8, 4) is 0 Å². The monoisotopic (exact) mass is 418 g/mol. The maximum Gasteiger partial charge on any atom is 0.338 e. The van der Waals surface area contributed by atoms with Gasteiger partial charge >= 0.3 is 5.97 Å². The van der Waals surface area contributed by atoms with Gasteiger partial charge in [0.15, 0.2) is 6.61 Å². The molecule has 156 valence electrons. The van der Waals surface area contributed by atoms with Crippen molar-refractivity contribution in [3.63, 3.8) is 0 Å². The molecule has 2 rings (SSSR count). The number of sulfonamides is 1. The summed E-state index contributed by atoms with van der Waals surface area (Å²) in [4.78, 5) is 24.3. The molecule has 7 nitrogen and oxygen atoms in total. The lowest BCUT2D eigenvalue weighted by Crippen LogP contribution is -2.32. The van der Waals surface area contributed by atoms with Gasteiger partial charge in [0.2, 0.25) is 10.0 Å². The van der Waals surface area contributed by atoms with Crippen molar-refractivity contribution in [1.29, 1.82) is 0 Å². The number of para-hydroxylation sites is 1. The topological polar surface area (TPSA) is 102 Å². The highest BCUT2D eigenvalue weighted by Crippen LogP contribution is 2.16. The molecule has 0 aliphatic heterocycles. The van der Waals surface area contributed by atoms with Gasteiger partial charge in [-0.1, -0.05) is 32.0 Å². The highest BCUT2D eigenvalue weighted by atomic mass is 32.2. The number of benzene rings is 2. The van der Waals surface area contributed by atoms with Crippen LogP contribution in [-0.2, 0) is 26.0 Å². The third-order valence-electron chi connectivity index (χ3n) is 4.38. The van der Waals surface area contributed by atoms with Crippen LogP contribution in [0.25, 0.3) is 0 Å². The number of anilines is 1. The standard InChI is InChI=1S/C21H26N2O5S/c1-4-15(3)23-29(26,27)18-12-10-17(11-13-18)21(25)28-14-20(24)22-19-9-7-6-8-16(19)5-2/h6-13,15,23H,4-5,14H2,1-3H3,(H,22,24)/t15-/m0/s1. The maximum atomic E-state index is 12.2. The summed E-state index contributed by atoms with van der Waals surface area (Å²) in [5.41, 5.74) is 1.82. The van der Waals surface area contributed by atoms with E-state index in [9.17, 15) is 18.0 Å². The minimum absolute atomic E-state index is 0.0586. The van der Waals surface area contributed by atoms with Crippen molar-refractivity contribution in [3.05, 3.63) is 59.7 Å². The second-order valence-corrected chi connectivity index (χ2v) is 8.30. The van der Waals surface area contributed by atoms with Gasteiger partial charge in [-0.3, -0.25) is 4.79 Å². The van der Waals surface area contributed by atoms with Crippen LogP contribution in [0.5, 0.6) is 0 Å². The molecule has 0 radical (unpaired) electrons. The van der Waals surface area contributed by atoms with Gasteiger partial charge in [0, 0.05) is 11.7 Å². The molecule has 0 spiro atoms. The van der Waals surface area contributed by atoms with Crippen molar-refractivity contribution in [2.24, 2.45) is 0 Å². The number of carbonyl (C=O) groups is 2. The smallest absolute Gasteiger partial charge is 0.338 e. The summed E-state index contributed by atoms with van der Waals surface area (Å²) in [6, 6.07) is 12.6. The van der Waals surface area contributed by atoms with Crippen LogP contribution in [0.2, 0.25) is 0 Å². The second-order valence-electron chi connectivity index (χ2n) is 6.59. The van der Waals surface area contributed by atoms with Crippen molar-refractivity contribution >= 4 is 27.6 Å². The molecule has 1 atom stereocenters. The Labute approximate surface area is 171 Å². The van der Waals surface area contributed by atoms with Crippen molar-refractivity contribution in [2.75, 3.05) is 11.9 Å². The predicted molar refractivity (Wildman–Crippen MR) is 111 cm³/mol. The molecule has 0 aliphatic rings. The number of carbonyl (C=O) groups excluding carboxylic acids is 2. The van der Waals surface area contributed by atoms with Gasteiger partial charge in [-0.25, -0.2) is 17.9 Å². The summed E-state index contributed by atoms with van der Waals surface area (Å²) in [7, 11) is -3.65. The van der Waals surface area contributed by atoms with Gasteiger partial charge < -0.3 is 10.1 Å². The number of esters is 1. The van der Waals surface area contributed by atoms with E-state index in [0.29, 0.717) is 12.1 Å². The number of amides is 1. The van der Waals surface area contributed by atoms with Gasteiger partial charge in [-0.2, -0.15) is 0 Å². The Hall–Kier alpha value is -2.71. The summed E-state index contributed by atoms with van der Waals surface area (Å²) in [6.07, 6.45) is 1.42. The Morgan fingerprint density at radius 2 is 1.69 bits per heavy atom.